The molecule has 1 aromatic rings. The maximum Gasteiger partial charge on any atom is 0.166 e. The Bertz CT molecular complexity index is 299. The van der Waals surface area contributed by atoms with Crippen LogP contribution >= 0.6 is 22.9 Å². The van der Waals surface area contributed by atoms with Crippen molar-refractivity contribution in [1.29, 1.82) is 0 Å². The minimum atomic E-state index is 0.125. The van der Waals surface area contributed by atoms with Crippen LogP contribution in [0.5, 0.6) is 11.5 Å². The molecule has 0 bridgehead atoms. The van der Waals surface area contributed by atoms with Gasteiger partial charge in [-0.3, -0.25) is 0 Å². The topological polar surface area (TPSA) is 41.8 Å². The number of phenolic OH excluding ortho intramolecular Hbond substituents is 1. The van der Waals surface area contributed by atoms with E-state index in [2.05, 4.69) is 3.21 Å². The molecular formula is C8H8INO2. The monoisotopic (exact) mass is 277 g/mol. The SMILES string of the molecule is COc1cccc(/C=N/I)c1O. The summed E-state index contributed by atoms with van der Waals surface area (Å²) >= 11 is 1.85. The van der Waals surface area contributed by atoms with Gasteiger partial charge in [-0.15, -0.1) is 0 Å². The highest BCUT2D eigenvalue weighted by atomic mass is 127. The summed E-state index contributed by atoms with van der Waals surface area (Å²) in [5.74, 6) is 0.587. The van der Waals surface area contributed by atoms with Crippen LogP contribution in [0.4, 0.5) is 0 Å². The smallest absolute Gasteiger partial charge is 0.166 e. The predicted octanol–water partition coefficient (Wildman–Crippen LogP) is 2.17. The molecule has 0 aliphatic rings. The average Bonchev–Trinajstić information content (AvgIpc) is 2.09. The van der Waals surface area contributed by atoms with Crippen molar-refractivity contribution in [1.82, 2.24) is 0 Å². The fourth-order valence-corrected chi connectivity index (χ4v) is 1.16. The van der Waals surface area contributed by atoms with Crippen LogP contribution in [0.15, 0.2) is 21.4 Å². The second-order valence-corrected chi connectivity index (χ2v) is 2.68. The van der Waals surface area contributed by atoms with Gasteiger partial charge in [-0.2, -0.15) is 0 Å². The molecule has 0 heterocycles. The molecule has 0 fully saturated rings. The summed E-state index contributed by atoms with van der Waals surface area (Å²) in [6, 6.07) is 5.26. The lowest BCUT2D eigenvalue weighted by Gasteiger charge is -2.03. The molecule has 0 saturated carbocycles. The average molecular weight is 277 g/mol. The number of para-hydroxylation sites is 1. The normalized spacial score (nSPS) is 10.5. The van der Waals surface area contributed by atoms with Crippen LogP contribution in [0.25, 0.3) is 0 Å². The van der Waals surface area contributed by atoms with Gasteiger partial charge in [0.25, 0.3) is 0 Å². The number of halogens is 1. The van der Waals surface area contributed by atoms with Gasteiger partial charge in [0.15, 0.2) is 11.5 Å². The van der Waals surface area contributed by atoms with Gasteiger partial charge in [-0.05, 0) is 12.1 Å². The molecule has 0 unspecified atom stereocenters. The Balaban J connectivity index is 3.13. The standard InChI is InChI=1S/C8H8INO2/c1-12-7-4-2-3-6(5-10-9)8(7)11/h2-5,11H,1H3/b10-5+. The second-order valence-electron chi connectivity index (χ2n) is 2.12. The molecular weight excluding hydrogens is 269 g/mol. The summed E-state index contributed by atoms with van der Waals surface area (Å²) < 4.78 is 8.69. The fourth-order valence-electron chi connectivity index (χ4n) is 0.861. The maximum atomic E-state index is 9.50. The van der Waals surface area contributed by atoms with Crippen molar-refractivity contribution < 1.29 is 9.84 Å². The molecule has 12 heavy (non-hydrogen) atoms. The van der Waals surface area contributed by atoms with E-state index in [0.29, 0.717) is 11.3 Å². The fraction of sp³-hybridized carbons (Fsp3) is 0.125. The number of hydrogen-bond acceptors (Lipinski definition) is 3. The number of aromatic hydroxyl groups is 1. The third kappa shape index (κ3) is 1.88. The highest BCUT2D eigenvalue weighted by Crippen LogP contribution is 2.27. The molecule has 0 radical (unpaired) electrons. The first-order chi connectivity index (χ1) is 5.79. The van der Waals surface area contributed by atoms with Gasteiger partial charge in [-0.1, -0.05) is 6.07 Å². The van der Waals surface area contributed by atoms with Crippen LogP contribution in [-0.2, 0) is 0 Å². The van der Waals surface area contributed by atoms with E-state index in [1.165, 1.54) is 7.11 Å². The van der Waals surface area contributed by atoms with Crippen molar-refractivity contribution in [3.63, 3.8) is 0 Å². The molecule has 0 spiro atoms. The van der Waals surface area contributed by atoms with Crippen LogP contribution in [0.3, 0.4) is 0 Å². The Labute approximate surface area is 84.6 Å². The van der Waals surface area contributed by atoms with E-state index in [1.807, 2.05) is 22.9 Å². The molecule has 0 atom stereocenters. The van der Waals surface area contributed by atoms with Crippen LogP contribution in [0.1, 0.15) is 5.56 Å². The Kier molecular flexibility index (Phi) is 3.33. The van der Waals surface area contributed by atoms with Crippen molar-refractivity contribution in [2.24, 2.45) is 3.21 Å². The van der Waals surface area contributed by atoms with Gasteiger partial charge in [-0.25, -0.2) is 3.21 Å². The predicted molar refractivity (Wildman–Crippen MR) is 56.3 cm³/mol. The first-order valence-electron chi connectivity index (χ1n) is 3.30. The molecule has 4 heteroatoms. The lowest BCUT2D eigenvalue weighted by molar-refractivity contribution is 0.373. The number of ether oxygens (including phenoxy) is 1. The van der Waals surface area contributed by atoms with Crippen LogP contribution < -0.4 is 4.74 Å². The van der Waals surface area contributed by atoms with Crippen molar-refractivity contribution in [3.05, 3.63) is 23.8 Å². The van der Waals surface area contributed by atoms with E-state index in [1.54, 1.807) is 24.4 Å². The Hall–Kier alpha value is -0.780. The zero-order chi connectivity index (χ0) is 8.97. The molecule has 0 amide bonds. The molecule has 1 rings (SSSR count). The summed E-state index contributed by atoms with van der Waals surface area (Å²) in [4.78, 5) is 0. The van der Waals surface area contributed by atoms with Crippen LogP contribution in [-0.4, -0.2) is 18.4 Å². The third-order valence-corrected chi connectivity index (χ3v) is 1.72. The Morgan fingerprint density at radius 1 is 1.58 bits per heavy atom. The number of phenols is 1. The quantitative estimate of drug-likeness (QED) is 0.665. The molecule has 64 valence electrons. The van der Waals surface area contributed by atoms with Gasteiger partial charge in [0.1, 0.15) is 0 Å². The number of benzene rings is 1. The highest BCUT2D eigenvalue weighted by molar-refractivity contribution is 14.1. The Morgan fingerprint density at radius 3 is 2.92 bits per heavy atom. The van der Waals surface area contributed by atoms with E-state index in [-0.39, 0.29) is 5.75 Å². The number of rotatable bonds is 2. The number of hydrogen-bond donors (Lipinski definition) is 1. The van der Waals surface area contributed by atoms with E-state index < -0.39 is 0 Å². The van der Waals surface area contributed by atoms with Crippen LogP contribution in [0.2, 0.25) is 0 Å². The van der Waals surface area contributed by atoms with Gasteiger partial charge < -0.3 is 9.84 Å². The zero-order valence-corrected chi connectivity index (χ0v) is 8.65. The van der Waals surface area contributed by atoms with Crippen molar-refractivity contribution >= 4 is 29.1 Å². The molecule has 3 nitrogen and oxygen atoms in total. The van der Waals surface area contributed by atoms with E-state index in [0.717, 1.165) is 0 Å². The molecule has 1 aromatic carbocycles. The molecule has 0 aliphatic carbocycles. The van der Waals surface area contributed by atoms with Crippen molar-refractivity contribution in [2.45, 2.75) is 0 Å². The van der Waals surface area contributed by atoms with Gasteiger partial charge in [0.05, 0.1) is 30.0 Å². The summed E-state index contributed by atoms with van der Waals surface area (Å²) in [6.07, 6.45) is 1.57. The molecule has 1 N–H and O–H groups in total. The summed E-state index contributed by atoms with van der Waals surface area (Å²) in [5.41, 5.74) is 0.656. The Morgan fingerprint density at radius 2 is 2.33 bits per heavy atom. The van der Waals surface area contributed by atoms with Gasteiger partial charge in [0, 0.05) is 11.8 Å². The first kappa shape index (κ1) is 9.31. The first-order valence-corrected chi connectivity index (χ1v) is 4.26. The molecule has 0 aromatic heterocycles. The van der Waals surface area contributed by atoms with Crippen molar-refractivity contribution in [3.8, 4) is 11.5 Å². The molecule has 0 saturated heterocycles. The van der Waals surface area contributed by atoms with Crippen molar-refractivity contribution in [2.75, 3.05) is 7.11 Å². The minimum absolute atomic E-state index is 0.125. The van der Waals surface area contributed by atoms with E-state index in [9.17, 15) is 5.11 Å². The molecule has 0 aliphatic heterocycles. The summed E-state index contributed by atoms with van der Waals surface area (Å²) in [6.45, 7) is 0. The zero-order valence-electron chi connectivity index (χ0n) is 6.49. The van der Waals surface area contributed by atoms with Crippen LogP contribution in [0, 0.1) is 0 Å². The maximum absolute atomic E-state index is 9.50. The highest BCUT2D eigenvalue weighted by Gasteiger charge is 2.03. The number of methoxy groups -OCH3 is 1. The van der Waals surface area contributed by atoms with E-state index >= 15 is 0 Å². The van der Waals surface area contributed by atoms with Gasteiger partial charge in [0.2, 0.25) is 0 Å². The van der Waals surface area contributed by atoms with E-state index in [4.69, 9.17) is 4.74 Å². The second kappa shape index (κ2) is 4.30. The number of nitrogens with zero attached hydrogens (tertiary/aromatic N) is 1. The lowest BCUT2D eigenvalue weighted by atomic mass is 10.2. The lowest BCUT2D eigenvalue weighted by Crippen LogP contribution is -1.87. The minimum Gasteiger partial charge on any atom is -0.504 e. The summed E-state index contributed by atoms with van der Waals surface area (Å²) in [7, 11) is 1.51. The summed E-state index contributed by atoms with van der Waals surface area (Å²) in [5, 5.41) is 9.50. The largest absolute Gasteiger partial charge is 0.504 e. The third-order valence-electron chi connectivity index (χ3n) is 1.44. The van der Waals surface area contributed by atoms with Gasteiger partial charge >= 0.3 is 0 Å².